The molecule has 0 saturated carbocycles. The SMILES string of the molecule is CCCc1c(Oc2c(Cl)cc(C)c(N)c2OCCCO)ccc(C(C)=O)c1O. The van der Waals surface area contributed by atoms with Crippen LogP contribution in [0.1, 0.15) is 48.2 Å². The van der Waals surface area contributed by atoms with E-state index in [0.29, 0.717) is 34.9 Å². The highest BCUT2D eigenvalue weighted by molar-refractivity contribution is 6.32. The molecule has 0 radical (unpaired) electrons. The minimum absolute atomic E-state index is 0.0172. The van der Waals surface area contributed by atoms with Crippen LogP contribution in [0.3, 0.4) is 0 Å². The van der Waals surface area contributed by atoms with Gasteiger partial charge in [-0.25, -0.2) is 0 Å². The van der Waals surface area contributed by atoms with Gasteiger partial charge >= 0.3 is 0 Å². The molecule has 0 aliphatic rings. The number of hydrogen-bond donors (Lipinski definition) is 3. The lowest BCUT2D eigenvalue weighted by atomic mass is 10.0. The predicted octanol–water partition coefficient (Wildman–Crippen LogP) is 4.64. The van der Waals surface area contributed by atoms with E-state index in [4.69, 9.17) is 31.9 Å². The Morgan fingerprint density at radius 2 is 2.00 bits per heavy atom. The maximum absolute atomic E-state index is 11.8. The van der Waals surface area contributed by atoms with E-state index in [1.807, 2.05) is 6.92 Å². The number of aliphatic hydroxyl groups is 1. The lowest BCUT2D eigenvalue weighted by molar-refractivity contribution is 0.101. The third kappa shape index (κ3) is 4.69. The van der Waals surface area contributed by atoms with Crippen LogP contribution in [0.25, 0.3) is 0 Å². The summed E-state index contributed by atoms with van der Waals surface area (Å²) in [6.45, 7) is 5.39. The van der Waals surface area contributed by atoms with E-state index in [9.17, 15) is 9.90 Å². The van der Waals surface area contributed by atoms with Crippen LogP contribution in [0.4, 0.5) is 5.69 Å². The average molecular weight is 408 g/mol. The van der Waals surface area contributed by atoms with Crippen LogP contribution in [0.15, 0.2) is 18.2 Å². The number of ketones is 1. The number of phenols is 1. The van der Waals surface area contributed by atoms with Gasteiger partial charge in [-0.2, -0.15) is 0 Å². The summed E-state index contributed by atoms with van der Waals surface area (Å²) in [5.41, 5.74) is 8.04. The Morgan fingerprint density at radius 1 is 1.29 bits per heavy atom. The Bertz CT molecular complexity index is 867. The van der Waals surface area contributed by atoms with Crippen molar-refractivity contribution in [2.24, 2.45) is 0 Å². The maximum atomic E-state index is 11.8. The summed E-state index contributed by atoms with van der Waals surface area (Å²) in [6.07, 6.45) is 1.69. The van der Waals surface area contributed by atoms with Crippen LogP contribution in [0, 0.1) is 6.92 Å². The van der Waals surface area contributed by atoms with Crippen molar-refractivity contribution in [1.29, 1.82) is 0 Å². The van der Waals surface area contributed by atoms with Crippen LogP contribution in [0.2, 0.25) is 5.02 Å². The summed E-state index contributed by atoms with van der Waals surface area (Å²) in [5.74, 6) is 0.574. The van der Waals surface area contributed by atoms with E-state index in [2.05, 4.69) is 0 Å². The van der Waals surface area contributed by atoms with Crippen molar-refractivity contribution in [3.63, 3.8) is 0 Å². The number of aryl methyl sites for hydroxylation is 1. The zero-order valence-corrected chi connectivity index (χ0v) is 17.1. The molecule has 0 spiro atoms. The number of carbonyl (C=O) groups is 1. The van der Waals surface area contributed by atoms with E-state index in [-0.39, 0.29) is 41.8 Å². The molecule has 152 valence electrons. The number of carbonyl (C=O) groups excluding carboxylic acids is 1. The van der Waals surface area contributed by atoms with E-state index in [1.165, 1.54) is 13.0 Å². The van der Waals surface area contributed by atoms with E-state index in [0.717, 1.165) is 12.0 Å². The van der Waals surface area contributed by atoms with Crippen molar-refractivity contribution >= 4 is 23.1 Å². The van der Waals surface area contributed by atoms with E-state index < -0.39 is 0 Å². The molecular weight excluding hydrogens is 382 g/mol. The summed E-state index contributed by atoms with van der Waals surface area (Å²) in [7, 11) is 0. The molecular formula is C21H26ClNO5. The molecule has 0 saturated heterocycles. The zero-order chi connectivity index (χ0) is 20.8. The fourth-order valence-electron chi connectivity index (χ4n) is 2.82. The molecule has 0 aromatic heterocycles. The lowest BCUT2D eigenvalue weighted by Crippen LogP contribution is -2.06. The van der Waals surface area contributed by atoms with Crippen molar-refractivity contribution in [3.05, 3.63) is 39.9 Å². The summed E-state index contributed by atoms with van der Waals surface area (Å²) in [6, 6.07) is 4.82. The Kier molecular flexibility index (Phi) is 7.54. The molecule has 28 heavy (non-hydrogen) atoms. The molecule has 0 bridgehead atoms. The lowest BCUT2D eigenvalue weighted by Gasteiger charge is -2.19. The normalized spacial score (nSPS) is 10.8. The second-order valence-electron chi connectivity index (χ2n) is 6.52. The van der Waals surface area contributed by atoms with E-state index in [1.54, 1.807) is 19.1 Å². The number of ether oxygens (including phenoxy) is 2. The van der Waals surface area contributed by atoms with Crippen molar-refractivity contribution in [3.8, 4) is 23.0 Å². The first-order chi connectivity index (χ1) is 13.3. The van der Waals surface area contributed by atoms with Gasteiger partial charge in [-0.1, -0.05) is 24.9 Å². The molecule has 0 atom stereocenters. The maximum Gasteiger partial charge on any atom is 0.190 e. The van der Waals surface area contributed by atoms with Gasteiger partial charge in [0.2, 0.25) is 0 Å². The Morgan fingerprint density at radius 3 is 2.61 bits per heavy atom. The number of aliphatic hydroxyl groups excluding tert-OH is 1. The molecule has 0 unspecified atom stereocenters. The van der Waals surface area contributed by atoms with E-state index >= 15 is 0 Å². The first kappa shape index (κ1) is 21.9. The summed E-state index contributed by atoms with van der Waals surface area (Å²) in [4.78, 5) is 11.8. The topological polar surface area (TPSA) is 102 Å². The van der Waals surface area contributed by atoms with Crippen LogP contribution in [-0.4, -0.2) is 29.2 Å². The Hall–Kier alpha value is -2.44. The molecule has 2 rings (SSSR count). The van der Waals surface area contributed by atoms with Gasteiger partial charge in [0.1, 0.15) is 11.5 Å². The first-order valence-electron chi connectivity index (χ1n) is 9.17. The molecule has 0 fully saturated rings. The van der Waals surface area contributed by atoms with Gasteiger partial charge in [-0.15, -0.1) is 0 Å². The minimum atomic E-state index is -0.230. The molecule has 4 N–H and O–H groups in total. The Balaban J connectivity index is 2.54. The Labute approximate surface area is 169 Å². The molecule has 0 aliphatic carbocycles. The van der Waals surface area contributed by atoms with Gasteiger partial charge in [0.15, 0.2) is 17.3 Å². The number of rotatable bonds is 9. The first-order valence-corrected chi connectivity index (χ1v) is 9.55. The second kappa shape index (κ2) is 9.66. The van der Waals surface area contributed by atoms with Crippen molar-refractivity contribution in [2.75, 3.05) is 18.9 Å². The highest BCUT2D eigenvalue weighted by atomic mass is 35.5. The quantitative estimate of drug-likeness (QED) is 0.318. The third-order valence-electron chi connectivity index (χ3n) is 4.32. The summed E-state index contributed by atoms with van der Waals surface area (Å²) < 4.78 is 11.8. The number of aromatic hydroxyl groups is 1. The van der Waals surface area contributed by atoms with Crippen molar-refractivity contribution < 1.29 is 24.5 Å². The fourth-order valence-corrected chi connectivity index (χ4v) is 3.11. The molecule has 2 aromatic rings. The van der Waals surface area contributed by atoms with Gasteiger partial charge in [-0.05, 0) is 44.0 Å². The summed E-state index contributed by atoms with van der Waals surface area (Å²) >= 11 is 6.39. The average Bonchev–Trinajstić information content (AvgIpc) is 2.64. The predicted molar refractivity (Wildman–Crippen MR) is 110 cm³/mol. The van der Waals surface area contributed by atoms with Crippen molar-refractivity contribution in [1.82, 2.24) is 0 Å². The van der Waals surface area contributed by atoms with Crippen LogP contribution >= 0.6 is 11.6 Å². The number of Topliss-reactive ketones (excluding diaryl/α,β-unsaturated/α-hetero) is 1. The number of nitrogens with two attached hydrogens (primary N) is 1. The smallest absolute Gasteiger partial charge is 0.190 e. The molecule has 2 aromatic carbocycles. The highest BCUT2D eigenvalue weighted by Crippen LogP contribution is 2.46. The minimum Gasteiger partial charge on any atom is -0.507 e. The second-order valence-corrected chi connectivity index (χ2v) is 6.93. The van der Waals surface area contributed by atoms with Gasteiger partial charge in [-0.3, -0.25) is 4.79 Å². The number of hydrogen-bond acceptors (Lipinski definition) is 6. The standard InChI is InChI=1S/C21H26ClNO5/c1-4-6-15-17(8-7-14(13(3)25)19(15)26)28-20-16(22)11-12(2)18(23)21(20)27-10-5-9-24/h7-8,11,24,26H,4-6,9-10,23H2,1-3H3. The third-order valence-corrected chi connectivity index (χ3v) is 4.60. The highest BCUT2D eigenvalue weighted by Gasteiger charge is 2.21. The van der Waals surface area contributed by atoms with Gasteiger partial charge in [0.25, 0.3) is 0 Å². The molecule has 0 amide bonds. The number of benzene rings is 2. The molecule has 7 heteroatoms. The number of halogens is 1. The van der Waals surface area contributed by atoms with Gasteiger partial charge in [0, 0.05) is 18.6 Å². The largest absolute Gasteiger partial charge is 0.507 e. The monoisotopic (exact) mass is 407 g/mol. The van der Waals surface area contributed by atoms with Gasteiger partial charge < -0.3 is 25.4 Å². The molecule has 0 aliphatic heterocycles. The van der Waals surface area contributed by atoms with Crippen LogP contribution < -0.4 is 15.2 Å². The van der Waals surface area contributed by atoms with Crippen LogP contribution in [0.5, 0.6) is 23.0 Å². The number of phenolic OH excluding ortho intramolecular Hbond substituents is 1. The zero-order valence-electron chi connectivity index (χ0n) is 16.3. The molecule has 6 nitrogen and oxygen atoms in total. The molecule has 0 heterocycles. The van der Waals surface area contributed by atoms with Crippen LogP contribution in [-0.2, 0) is 6.42 Å². The number of anilines is 1. The van der Waals surface area contributed by atoms with Crippen molar-refractivity contribution in [2.45, 2.75) is 40.0 Å². The number of nitrogen functional groups attached to an aromatic ring is 1. The summed E-state index contributed by atoms with van der Waals surface area (Å²) in [5, 5.41) is 19.9. The fraction of sp³-hybridized carbons (Fsp3) is 0.381. The van der Waals surface area contributed by atoms with Gasteiger partial charge in [0.05, 0.1) is 22.9 Å².